The number of anilines is 1. The van der Waals surface area contributed by atoms with Gasteiger partial charge in [0.25, 0.3) is 0 Å². The van der Waals surface area contributed by atoms with Crippen molar-refractivity contribution in [1.82, 2.24) is 0 Å². The highest BCUT2D eigenvalue weighted by Crippen LogP contribution is 2.33. The summed E-state index contributed by atoms with van der Waals surface area (Å²) in [6.45, 7) is 2.22. The average Bonchev–Trinajstić information content (AvgIpc) is 2.79. The van der Waals surface area contributed by atoms with Gasteiger partial charge >= 0.3 is 0 Å². The van der Waals surface area contributed by atoms with Crippen molar-refractivity contribution in [2.24, 2.45) is 5.73 Å². The zero-order chi connectivity index (χ0) is 13.8. The summed E-state index contributed by atoms with van der Waals surface area (Å²) in [6.07, 6.45) is 3.83. The summed E-state index contributed by atoms with van der Waals surface area (Å²) in [5.41, 5.74) is 7.80. The van der Waals surface area contributed by atoms with E-state index in [4.69, 9.17) is 18.0 Å². The maximum Gasteiger partial charge on any atom is 0.106 e. The van der Waals surface area contributed by atoms with E-state index < -0.39 is 0 Å². The Morgan fingerprint density at radius 1 is 1.53 bits per heavy atom. The van der Waals surface area contributed by atoms with Crippen LogP contribution in [0.4, 0.5) is 5.69 Å². The first-order valence-corrected chi connectivity index (χ1v) is 8.84. The van der Waals surface area contributed by atoms with Crippen LogP contribution in [0, 0.1) is 0 Å². The number of rotatable bonds is 5. The number of hydrogen-bond donors (Lipinski definition) is 2. The molecular weight excluding hydrogens is 340 g/mol. The topological polar surface area (TPSA) is 38.0 Å². The van der Waals surface area contributed by atoms with Crippen LogP contribution >= 0.6 is 39.9 Å². The molecule has 0 bridgehead atoms. The van der Waals surface area contributed by atoms with Gasteiger partial charge < -0.3 is 11.1 Å². The summed E-state index contributed by atoms with van der Waals surface area (Å²) in [4.78, 5) is 0.446. The first-order chi connectivity index (χ1) is 9.11. The van der Waals surface area contributed by atoms with E-state index in [1.807, 2.05) is 23.9 Å². The summed E-state index contributed by atoms with van der Waals surface area (Å²) in [5, 5.41) is 4.35. The molecule has 0 spiro atoms. The molecule has 2 rings (SSSR count). The Morgan fingerprint density at radius 2 is 2.32 bits per heavy atom. The second kappa shape index (κ2) is 6.95. The third kappa shape index (κ3) is 3.86. The Balaban J connectivity index is 2.16. The molecule has 0 aliphatic heterocycles. The summed E-state index contributed by atoms with van der Waals surface area (Å²) < 4.78 is 1.01. The van der Waals surface area contributed by atoms with Crippen LogP contribution in [0.1, 0.15) is 31.7 Å². The van der Waals surface area contributed by atoms with E-state index in [0.717, 1.165) is 15.7 Å². The fourth-order valence-electron chi connectivity index (χ4n) is 2.55. The molecule has 1 saturated carbocycles. The van der Waals surface area contributed by atoms with Crippen molar-refractivity contribution >= 4 is 50.6 Å². The number of nitrogens with two attached hydrogens (primary N) is 1. The van der Waals surface area contributed by atoms with Crippen LogP contribution in [-0.2, 0) is 0 Å². The number of hydrogen-bond acceptors (Lipinski definition) is 3. The normalized spacial score (nSPS) is 22.4. The number of benzene rings is 1. The van der Waals surface area contributed by atoms with Crippen molar-refractivity contribution in [3.8, 4) is 0 Å². The van der Waals surface area contributed by atoms with Crippen LogP contribution in [0.5, 0.6) is 0 Å². The molecule has 2 unspecified atom stereocenters. The molecule has 5 heteroatoms. The van der Waals surface area contributed by atoms with E-state index in [-0.39, 0.29) is 0 Å². The standard InChI is InChI=1S/C14H19BrN2S2/c1-2-19-13-5-3-4-12(13)17-11-7-6-9(15)8-10(11)14(16)18/h6-8,12-13,17H,2-5H2,1H3,(H2,16,18). The molecule has 1 fully saturated rings. The molecule has 1 aromatic rings. The molecule has 3 N–H and O–H groups in total. The SMILES string of the molecule is CCSC1CCCC1Nc1ccc(Br)cc1C(N)=S. The number of nitrogens with one attached hydrogen (secondary N) is 1. The number of thiocarbonyl (C=S) groups is 1. The molecule has 19 heavy (non-hydrogen) atoms. The highest BCUT2D eigenvalue weighted by molar-refractivity contribution is 9.10. The summed E-state index contributed by atoms with van der Waals surface area (Å²) in [5.74, 6) is 1.17. The van der Waals surface area contributed by atoms with Gasteiger partial charge in [-0.15, -0.1) is 0 Å². The van der Waals surface area contributed by atoms with Crippen molar-refractivity contribution in [1.29, 1.82) is 0 Å². The monoisotopic (exact) mass is 358 g/mol. The Morgan fingerprint density at radius 3 is 3.00 bits per heavy atom. The highest BCUT2D eigenvalue weighted by Gasteiger charge is 2.27. The zero-order valence-corrected chi connectivity index (χ0v) is 14.2. The molecule has 0 heterocycles. The van der Waals surface area contributed by atoms with Gasteiger partial charge in [-0.3, -0.25) is 0 Å². The molecule has 0 aromatic heterocycles. The van der Waals surface area contributed by atoms with Gasteiger partial charge in [0.1, 0.15) is 4.99 Å². The van der Waals surface area contributed by atoms with E-state index in [1.165, 1.54) is 25.0 Å². The molecule has 1 aromatic carbocycles. The van der Waals surface area contributed by atoms with Gasteiger partial charge in [-0.2, -0.15) is 11.8 Å². The lowest BCUT2D eigenvalue weighted by Crippen LogP contribution is -2.27. The van der Waals surface area contributed by atoms with Gasteiger partial charge in [0, 0.05) is 27.0 Å². The summed E-state index contributed by atoms with van der Waals surface area (Å²) in [7, 11) is 0. The van der Waals surface area contributed by atoms with Gasteiger partial charge in [-0.25, -0.2) is 0 Å². The Kier molecular flexibility index (Phi) is 5.54. The van der Waals surface area contributed by atoms with Crippen LogP contribution in [0.25, 0.3) is 0 Å². The third-order valence-corrected chi connectivity index (χ3v) is 5.46. The lowest BCUT2D eigenvalue weighted by Gasteiger charge is -2.23. The van der Waals surface area contributed by atoms with Gasteiger partial charge in [-0.05, 0) is 36.8 Å². The number of thioether (sulfide) groups is 1. The predicted octanol–water partition coefficient (Wildman–Crippen LogP) is 4.17. The Hall–Kier alpha value is -0.260. The second-order valence-electron chi connectivity index (χ2n) is 4.73. The fourth-order valence-corrected chi connectivity index (χ4v) is 4.28. The Bertz CT molecular complexity index is 465. The average molecular weight is 359 g/mol. The zero-order valence-electron chi connectivity index (χ0n) is 11.0. The van der Waals surface area contributed by atoms with Gasteiger partial charge in [0.15, 0.2) is 0 Å². The van der Waals surface area contributed by atoms with Crippen LogP contribution in [0.2, 0.25) is 0 Å². The van der Waals surface area contributed by atoms with E-state index >= 15 is 0 Å². The summed E-state index contributed by atoms with van der Waals surface area (Å²) >= 11 is 10.7. The molecule has 1 aliphatic rings. The van der Waals surface area contributed by atoms with Gasteiger partial charge in [0.05, 0.1) is 0 Å². The van der Waals surface area contributed by atoms with Crippen LogP contribution in [0.15, 0.2) is 22.7 Å². The minimum atomic E-state index is 0.446. The van der Waals surface area contributed by atoms with E-state index in [2.05, 4.69) is 34.2 Å². The Labute approximate surface area is 133 Å². The van der Waals surface area contributed by atoms with E-state index in [0.29, 0.717) is 16.3 Å². The van der Waals surface area contributed by atoms with Gasteiger partial charge in [0.2, 0.25) is 0 Å². The largest absolute Gasteiger partial charge is 0.389 e. The molecule has 104 valence electrons. The molecule has 0 radical (unpaired) electrons. The smallest absolute Gasteiger partial charge is 0.106 e. The maximum absolute atomic E-state index is 5.82. The molecular formula is C14H19BrN2S2. The lowest BCUT2D eigenvalue weighted by molar-refractivity contribution is 0.767. The minimum absolute atomic E-state index is 0.446. The summed E-state index contributed by atoms with van der Waals surface area (Å²) in [6, 6.07) is 6.60. The first kappa shape index (κ1) is 15.1. The fraction of sp³-hybridized carbons (Fsp3) is 0.500. The van der Waals surface area contributed by atoms with E-state index in [9.17, 15) is 0 Å². The van der Waals surface area contributed by atoms with Crippen LogP contribution in [-0.4, -0.2) is 22.0 Å². The van der Waals surface area contributed by atoms with Gasteiger partial charge in [-0.1, -0.05) is 41.5 Å². The minimum Gasteiger partial charge on any atom is -0.389 e. The quantitative estimate of drug-likeness (QED) is 0.774. The van der Waals surface area contributed by atoms with E-state index in [1.54, 1.807) is 0 Å². The second-order valence-corrected chi connectivity index (χ2v) is 7.60. The van der Waals surface area contributed by atoms with Crippen molar-refractivity contribution < 1.29 is 0 Å². The van der Waals surface area contributed by atoms with Crippen molar-refractivity contribution in [3.63, 3.8) is 0 Å². The highest BCUT2D eigenvalue weighted by atomic mass is 79.9. The predicted molar refractivity (Wildman–Crippen MR) is 93.2 cm³/mol. The third-order valence-electron chi connectivity index (χ3n) is 3.42. The maximum atomic E-state index is 5.82. The number of halogens is 1. The molecule has 0 saturated heterocycles. The molecule has 2 atom stereocenters. The molecule has 2 nitrogen and oxygen atoms in total. The molecule has 1 aliphatic carbocycles. The van der Waals surface area contributed by atoms with Crippen molar-refractivity contribution in [2.45, 2.75) is 37.5 Å². The molecule has 0 amide bonds. The van der Waals surface area contributed by atoms with Crippen molar-refractivity contribution in [3.05, 3.63) is 28.2 Å². The lowest BCUT2D eigenvalue weighted by atomic mass is 10.1. The van der Waals surface area contributed by atoms with Crippen LogP contribution < -0.4 is 11.1 Å². The van der Waals surface area contributed by atoms with Crippen molar-refractivity contribution in [2.75, 3.05) is 11.1 Å². The van der Waals surface area contributed by atoms with Crippen LogP contribution in [0.3, 0.4) is 0 Å². The first-order valence-electron chi connectivity index (χ1n) is 6.59.